The molecule has 1 atom stereocenters. The van der Waals surface area contributed by atoms with Gasteiger partial charge < -0.3 is 15.2 Å². The van der Waals surface area contributed by atoms with Crippen LogP contribution in [-0.2, 0) is 12.8 Å². The van der Waals surface area contributed by atoms with E-state index in [2.05, 4.69) is 6.07 Å². The van der Waals surface area contributed by atoms with E-state index < -0.39 is 0 Å². The molecule has 0 saturated carbocycles. The van der Waals surface area contributed by atoms with E-state index in [0.29, 0.717) is 6.42 Å². The Morgan fingerprint density at radius 2 is 2.14 bits per heavy atom. The summed E-state index contributed by atoms with van der Waals surface area (Å²) < 4.78 is 24.1. The Morgan fingerprint density at radius 3 is 2.90 bits per heavy atom. The number of rotatable bonds is 4. The number of benzene rings is 2. The lowest BCUT2D eigenvalue weighted by atomic mass is 9.97. The van der Waals surface area contributed by atoms with Gasteiger partial charge in [0.25, 0.3) is 0 Å². The number of fused-ring (bicyclic) bond motifs is 1. The van der Waals surface area contributed by atoms with Crippen molar-refractivity contribution < 1.29 is 13.9 Å². The Labute approximate surface area is 123 Å². The van der Waals surface area contributed by atoms with Gasteiger partial charge in [0.1, 0.15) is 5.75 Å². The van der Waals surface area contributed by atoms with E-state index in [-0.39, 0.29) is 17.6 Å². The number of halogens is 1. The van der Waals surface area contributed by atoms with E-state index in [0.717, 1.165) is 29.9 Å². The predicted molar refractivity (Wildman–Crippen MR) is 79.2 cm³/mol. The molecule has 0 amide bonds. The molecular formula is C17H18FNO2. The van der Waals surface area contributed by atoms with Crippen LogP contribution in [0.1, 0.15) is 22.7 Å². The van der Waals surface area contributed by atoms with Gasteiger partial charge in [0.05, 0.1) is 13.7 Å². The van der Waals surface area contributed by atoms with E-state index >= 15 is 0 Å². The summed E-state index contributed by atoms with van der Waals surface area (Å²) in [4.78, 5) is 0. The van der Waals surface area contributed by atoms with Crippen molar-refractivity contribution in [1.82, 2.24) is 0 Å². The molecule has 0 spiro atoms. The Bertz CT molecular complexity index is 657. The molecule has 1 aliphatic rings. The third kappa shape index (κ3) is 2.85. The van der Waals surface area contributed by atoms with Crippen LogP contribution in [0.4, 0.5) is 4.39 Å². The molecule has 1 unspecified atom stereocenters. The standard InChI is InChI=1S/C17H18FNO2/c1-20-17-4-2-11(8-14(17)18)9-15(19)12-3-5-16-13(10-12)6-7-21-16/h2-5,8,10,15H,6-7,9,19H2,1H3. The van der Waals surface area contributed by atoms with E-state index in [4.69, 9.17) is 15.2 Å². The summed E-state index contributed by atoms with van der Waals surface area (Å²) in [5, 5.41) is 0. The van der Waals surface area contributed by atoms with E-state index in [1.807, 2.05) is 18.2 Å². The van der Waals surface area contributed by atoms with Crippen molar-refractivity contribution in [3.05, 3.63) is 58.9 Å². The molecule has 0 saturated heterocycles. The Kier molecular flexibility index (Phi) is 3.80. The topological polar surface area (TPSA) is 44.5 Å². The van der Waals surface area contributed by atoms with Gasteiger partial charge in [-0.05, 0) is 41.3 Å². The number of ether oxygens (including phenoxy) is 2. The van der Waals surface area contributed by atoms with Gasteiger partial charge in [-0.1, -0.05) is 18.2 Å². The molecule has 2 aromatic rings. The molecule has 3 nitrogen and oxygen atoms in total. The minimum atomic E-state index is -0.357. The van der Waals surface area contributed by atoms with Crippen LogP contribution < -0.4 is 15.2 Å². The van der Waals surface area contributed by atoms with Crippen molar-refractivity contribution >= 4 is 0 Å². The summed E-state index contributed by atoms with van der Waals surface area (Å²) in [5.74, 6) is 0.841. The molecule has 21 heavy (non-hydrogen) atoms. The van der Waals surface area contributed by atoms with Crippen LogP contribution in [0.15, 0.2) is 36.4 Å². The molecule has 0 fully saturated rings. The smallest absolute Gasteiger partial charge is 0.165 e. The molecule has 110 valence electrons. The molecule has 0 radical (unpaired) electrons. The Morgan fingerprint density at radius 1 is 1.29 bits per heavy atom. The summed E-state index contributed by atoms with van der Waals surface area (Å²) in [6.45, 7) is 0.734. The van der Waals surface area contributed by atoms with Gasteiger partial charge in [-0.3, -0.25) is 0 Å². The van der Waals surface area contributed by atoms with Crippen molar-refractivity contribution in [2.45, 2.75) is 18.9 Å². The van der Waals surface area contributed by atoms with Gasteiger partial charge in [0.2, 0.25) is 0 Å². The SMILES string of the molecule is COc1ccc(CC(N)c2ccc3c(c2)CCO3)cc1F. The van der Waals surface area contributed by atoms with Crippen LogP contribution in [0.2, 0.25) is 0 Å². The lowest BCUT2D eigenvalue weighted by molar-refractivity contribution is 0.357. The zero-order valence-electron chi connectivity index (χ0n) is 11.9. The first-order chi connectivity index (χ1) is 10.2. The van der Waals surface area contributed by atoms with Gasteiger partial charge in [0, 0.05) is 12.5 Å². The van der Waals surface area contributed by atoms with Crippen LogP contribution in [-0.4, -0.2) is 13.7 Å². The van der Waals surface area contributed by atoms with Crippen molar-refractivity contribution in [2.24, 2.45) is 5.73 Å². The molecule has 3 rings (SSSR count). The van der Waals surface area contributed by atoms with Crippen LogP contribution >= 0.6 is 0 Å². The van der Waals surface area contributed by atoms with Crippen molar-refractivity contribution in [3.8, 4) is 11.5 Å². The fourth-order valence-corrected chi connectivity index (χ4v) is 2.65. The molecule has 4 heteroatoms. The zero-order chi connectivity index (χ0) is 14.8. The molecule has 2 N–H and O–H groups in total. The average Bonchev–Trinajstić information content (AvgIpc) is 2.94. The lowest BCUT2D eigenvalue weighted by Crippen LogP contribution is -2.13. The minimum absolute atomic E-state index is 0.163. The zero-order valence-corrected chi connectivity index (χ0v) is 11.9. The van der Waals surface area contributed by atoms with Crippen LogP contribution in [0.25, 0.3) is 0 Å². The molecular weight excluding hydrogens is 269 g/mol. The largest absolute Gasteiger partial charge is 0.494 e. The number of nitrogens with two attached hydrogens (primary N) is 1. The number of hydrogen-bond donors (Lipinski definition) is 1. The van der Waals surface area contributed by atoms with Crippen molar-refractivity contribution in [3.63, 3.8) is 0 Å². The highest BCUT2D eigenvalue weighted by Gasteiger charge is 2.15. The first-order valence-electron chi connectivity index (χ1n) is 7.01. The van der Waals surface area contributed by atoms with Crippen molar-refractivity contribution in [2.75, 3.05) is 13.7 Å². The van der Waals surface area contributed by atoms with Crippen LogP contribution in [0, 0.1) is 5.82 Å². The molecule has 2 aromatic carbocycles. The van der Waals surface area contributed by atoms with Gasteiger partial charge >= 0.3 is 0 Å². The van der Waals surface area contributed by atoms with E-state index in [9.17, 15) is 4.39 Å². The third-order valence-corrected chi connectivity index (χ3v) is 3.81. The lowest BCUT2D eigenvalue weighted by Gasteiger charge is -2.14. The monoisotopic (exact) mass is 287 g/mol. The maximum atomic E-state index is 13.7. The maximum absolute atomic E-state index is 13.7. The molecule has 1 heterocycles. The highest BCUT2D eigenvalue weighted by Crippen LogP contribution is 2.29. The Hall–Kier alpha value is -2.07. The molecule has 0 aliphatic carbocycles. The molecule has 0 bridgehead atoms. The second-order valence-electron chi connectivity index (χ2n) is 5.25. The molecule has 0 aromatic heterocycles. The fourth-order valence-electron chi connectivity index (χ4n) is 2.65. The maximum Gasteiger partial charge on any atom is 0.165 e. The normalized spacial score (nSPS) is 14.4. The highest BCUT2D eigenvalue weighted by atomic mass is 19.1. The summed E-state index contributed by atoms with van der Waals surface area (Å²) in [6.07, 6.45) is 1.51. The second kappa shape index (κ2) is 5.74. The third-order valence-electron chi connectivity index (χ3n) is 3.81. The fraction of sp³-hybridized carbons (Fsp3) is 0.294. The first-order valence-corrected chi connectivity index (χ1v) is 7.01. The molecule has 1 aliphatic heterocycles. The summed E-state index contributed by atoms with van der Waals surface area (Å²) in [5.41, 5.74) is 9.36. The van der Waals surface area contributed by atoms with Crippen molar-refractivity contribution in [1.29, 1.82) is 0 Å². The van der Waals surface area contributed by atoms with Gasteiger partial charge in [-0.2, -0.15) is 0 Å². The van der Waals surface area contributed by atoms with Crippen LogP contribution in [0.5, 0.6) is 11.5 Å². The first kappa shape index (κ1) is 13.9. The number of methoxy groups -OCH3 is 1. The Balaban J connectivity index is 1.76. The highest BCUT2D eigenvalue weighted by molar-refractivity contribution is 5.41. The van der Waals surface area contributed by atoms with E-state index in [1.165, 1.54) is 18.7 Å². The summed E-state index contributed by atoms with van der Waals surface area (Å²) >= 11 is 0. The minimum Gasteiger partial charge on any atom is -0.494 e. The van der Waals surface area contributed by atoms with E-state index in [1.54, 1.807) is 6.07 Å². The predicted octanol–water partition coefficient (Wildman–Crippen LogP) is 3.01. The summed E-state index contributed by atoms with van der Waals surface area (Å²) in [6, 6.07) is 10.8. The van der Waals surface area contributed by atoms with Gasteiger partial charge in [-0.15, -0.1) is 0 Å². The second-order valence-corrected chi connectivity index (χ2v) is 5.25. The quantitative estimate of drug-likeness (QED) is 0.940. The summed E-state index contributed by atoms with van der Waals surface area (Å²) in [7, 11) is 1.45. The van der Waals surface area contributed by atoms with Gasteiger partial charge in [0.15, 0.2) is 11.6 Å². The van der Waals surface area contributed by atoms with Gasteiger partial charge in [-0.25, -0.2) is 4.39 Å². The number of hydrogen-bond acceptors (Lipinski definition) is 3. The van der Waals surface area contributed by atoms with Crippen LogP contribution in [0.3, 0.4) is 0 Å². The average molecular weight is 287 g/mol.